The molecule has 0 radical (unpaired) electrons. The van der Waals surface area contributed by atoms with Crippen LogP contribution in [-0.4, -0.2) is 28.8 Å². The topological polar surface area (TPSA) is 23.6 Å². The molecule has 1 saturated heterocycles. The molecule has 0 unspecified atom stereocenters. The van der Waals surface area contributed by atoms with Gasteiger partial charge in [-0.2, -0.15) is 0 Å². The third-order valence-electron chi connectivity index (χ3n) is 5.85. The van der Waals surface area contributed by atoms with Crippen LogP contribution in [0.4, 0.5) is 0 Å². The lowest BCUT2D eigenvalue weighted by Gasteiger charge is -2.35. The maximum atomic E-state index is 13.6. The van der Waals surface area contributed by atoms with E-state index in [0.29, 0.717) is 13.1 Å². The Labute approximate surface area is 180 Å². The molecule has 0 bridgehead atoms. The Morgan fingerprint density at radius 3 is 1.80 bits per heavy atom. The van der Waals surface area contributed by atoms with Gasteiger partial charge in [-0.25, -0.2) is 0 Å². The van der Waals surface area contributed by atoms with Crippen LogP contribution in [0.2, 0.25) is 0 Å². The molecule has 4 rings (SSSR count). The number of carbonyl (C=O) groups is 1. The van der Waals surface area contributed by atoms with E-state index in [1.54, 1.807) is 0 Å². The fourth-order valence-electron chi connectivity index (χ4n) is 4.32. The number of hydrogen-bond acceptors (Lipinski definition) is 2. The van der Waals surface area contributed by atoms with Crippen LogP contribution in [-0.2, 0) is 24.4 Å². The number of piperidine rings is 1. The molecule has 0 N–H and O–H groups in total. The van der Waals surface area contributed by atoms with E-state index >= 15 is 0 Å². The Morgan fingerprint density at radius 2 is 1.27 bits per heavy atom. The van der Waals surface area contributed by atoms with E-state index in [1.807, 2.05) is 41.3 Å². The van der Waals surface area contributed by atoms with Crippen molar-refractivity contribution in [1.82, 2.24) is 9.80 Å². The average molecular weight is 399 g/mol. The van der Waals surface area contributed by atoms with Crippen LogP contribution in [0.5, 0.6) is 0 Å². The maximum absolute atomic E-state index is 13.6. The minimum absolute atomic E-state index is 0.0647. The van der Waals surface area contributed by atoms with Gasteiger partial charge < -0.3 is 4.90 Å². The maximum Gasteiger partial charge on any atom is 0.227 e. The quantitative estimate of drug-likeness (QED) is 0.551. The fraction of sp³-hybridized carbons (Fsp3) is 0.296. The van der Waals surface area contributed by atoms with Gasteiger partial charge in [-0.1, -0.05) is 91.0 Å². The molecule has 0 aliphatic carbocycles. The molecular weight excluding hydrogens is 368 g/mol. The molecule has 0 spiro atoms. The summed E-state index contributed by atoms with van der Waals surface area (Å²) in [5.41, 5.74) is 3.67. The summed E-state index contributed by atoms with van der Waals surface area (Å²) in [5, 5.41) is 0. The van der Waals surface area contributed by atoms with Gasteiger partial charge in [0.05, 0.1) is 5.92 Å². The number of nitrogens with zero attached hydrogens (tertiary/aromatic N) is 2. The molecule has 30 heavy (non-hydrogen) atoms. The highest BCUT2D eigenvalue weighted by molar-refractivity contribution is 5.79. The summed E-state index contributed by atoms with van der Waals surface area (Å²) in [5.74, 6) is 0.343. The Bertz CT molecular complexity index is 870. The molecule has 1 amide bonds. The van der Waals surface area contributed by atoms with Crippen molar-refractivity contribution in [1.29, 1.82) is 0 Å². The van der Waals surface area contributed by atoms with Crippen molar-refractivity contribution in [3.63, 3.8) is 0 Å². The van der Waals surface area contributed by atoms with Crippen molar-refractivity contribution in [3.8, 4) is 0 Å². The summed E-state index contributed by atoms with van der Waals surface area (Å²) in [6, 6.07) is 31.2. The third-order valence-corrected chi connectivity index (χ3v) is 5.85. The Morgan fingerprint density at radius 1 is 0.767 bits per heavy atom. The summed E-state index contributed by atoms with van der Waals surface area (Å²) in [7, 11) is 0. The van der Waals surface area contributed by atoms with E-state index in [9.17, 15) is 4.79 Å². The van der Waals surface area contributed by atoms with Crippen LogP contribution in [0, 0.1) is 5.92 Å². The van der Waals surface area contributed by atoms with E-state index in [0.717, 1.165) is 32.5 Å². The van der Waals surface area contributed by atoms with E-state index in [2.05, 4.69) is 59.5 Å². The van der Waals surface area contributed by atoms with Crippen molar-refractivity contribution < 1.29 is 4.79 Å². The number of carbonyl (C=O) groups excluding carboxylic acids is 1. The summed E-state index contributed by atoms with van der Waals surface area (Å²) < 4.78 is 0. The summed E-state index contributed by atoms with van der Waals surface area (Å²) in [6.07, 6.45) is 2.05. The van der Waals surface area contributed by atoms with Gasteiger partial charge in [0.25, 0.3) is 0 Å². The van der Waals surface area contributed by atoms with Crippen LogP contribution < -0.4 is 0 Å². The van der Waals surface area contributed by atoms with Crippen LogP contribution in [0.3, 0.4) is 0 Å². The summed E-state index contributed by atoms with van der Waals surface area (Å²) >= 11 is 0. The van der Waals surface area contributed by atoms with Gasteiger partial charge in [0.1, 0.15) is 0 Å². The molecular formula is C27H30N2O. The van der Waals surface area contributed by atoms with Crippen molar-refractivity contribution in [3.05, 3.63) is 108 Å². The summed E-state index contributed by atoms with van der Waals surface area (Å²) in [6.45, 7) is 4.14. The van der Waals surface area contributed by atoms with E-state index in [1.165, 1.54) is 16.7 Å². The molecule has 1 aliphatic rings. The van der Waals surface area contributed by atoms with Crippen LogP contribution in [0.1, 0.15) is 29.5 Å². The first-order valence-electron chi connectivity index (χ1n) is 10.9. The zero-order valence-electron chi connectivity index (χ0n) is 17.5. The molecule has 0 saturated carbocycles. The second-order valence-electron chi connectivity index (χ2n) is 8.23. The number of rotatable bonds is 7. The highest BCUT2D eigenvalue weighted by atomic mass is 16.2. The highest BCUT2D eigenvalue weighted by Crippen LogP contribution is 2.23. The third kappa shape index (κ3) is 5.58. The molecule has 3 aromatic carbocycles. The Kier molecular flexibility index (Phi) is 6.94. The zero-order chi connectivity index (χ0) is 20.6. The number of likely N-dealkylation sites (tertiary alicyclic amines) is 1. The summed E-state index contributed by atoms with van der Waals surface area (Å²) in [4.78, 5) is 18.1. The monoisotopic (exact) mass is 398 g/mol. The van der Waals surface area contributed by atoms with Crippen molar-refractivity contribution in [2.75, 3.05) is 13.1 Å². The van der Waals surface area contributed by atoms with E-state index in [4.69, 9.17) is 0 Å². The average Bonchev–Trinajstić information content (AvgIpc) is 2.80. The minimum atomic E-state index is 0.0647. The van der Waals surface area contributed by atoms with Gasteiger partial charge in [-0.15, -0.1) is 0 Å². The van der Waals surface area contributed by atoms with Gasteiger partial charge in [-0.05, 0) is 36.1 Å². The van der Waals surface area contributed by atoms with Gasteiger partial charge in [0.15, 0.2) is 0 Å². The second kappa shape index (κ2) is 10.2. The first-order chi connectivity index (χ1) is 14.8. The van der Waals surface area contributed by atoms with Crippen molar-refractivity contribution in [2.45, 2.75) is 32.5 Å². The standard InChI is InChI=1S/C27H30N2O/c30-27(26-17-10-18-28(22-26)19-23-11-4-1-5-12-23)29(20-24-13-6-2-7-14-24)21-25-15-8-3-9-16-25/h1-9,11-16,26H,10,17-22H2/t26-/m1/s1. The first kappa shape index (κ1) is 20.4. The van der Waals surface area contributed by atoms with Gasteiger partial charge in [0.2, 0.25) is 5.91 Å². The van der Waals surface area contributed by atoms with Crippen molar-refractivity contribution in [2.24, 2.45) is 5.92 Å². The molecule has 3 aromatic rings. The minimum Gasteiger partial charge on any atom is -0.334 e. The normalized spacial score (nSPS) is 16.9. The SMILES string of the molecule is O=C([C@@H]1CCCN(Cc2ccccc2)C1)N(Cc1ccccc1)Cc1ccccc1. The molecule has 3 heteroatoms. The van der Waals surface area contributed by atoms with Gasteiger partial charge in [0, 0.05) is 26.2 Å². The van der Waals surface area contributed by atoms with Crippen LogP contribution in [0.25, 0.3) is 0 Å². The first-order valence-corrected chi connectivity index (χ1v) is 10.9. The van der Waals surface area contributed by atoms with Gasteiger partial charge >= 0.3 is 0 Å². The fourth-order valence-corrected chi connectivity index (χ4v) is 4.32. The lowest BCUT2D eigenvalue weighted by Crippen LogP contribution is -2.44. The predicted octanol–water partition coefficient (Wildman–Crippen LogP) is 5.13. The van der Waals surface area contributed by atoms with E-state index < -0.39 is 0 Å². The predicted molar refractivity (Wildman–Crippen MR) is 122 cm³/mol. The number of hydrogen-bond donors (Lipinski definition) is 0. The van der Waals surface area contributed by atoms with Gasteiger partial charge in [-0.3, -0.25) is 9.69 Å². The second-order valence-corrected chi connectivity index (χ2v) is 8.23. The molecule has 0 aromatic heterocycles. The number of benzene rings is 3. The molecule has 1 heterocycles. The van der Waals surface area contributed by atoms with Crippen LogP contribution >= 0.6 is 0 Å². The lowest BCUT2D eigenvalue weighted by atomic mass is 9.95. The largest absolute Gasteiger partial charge is 0.334 e. The molecule has 1 aliphatic heterocycles. The van der Waals surface area contributed by atoms with Crippen LogP contribution in [0.15, 0.2) is 91.0 Å². The highest BCUT2D eigenvalue weighted by Gasteiger charge is 2.29. The Balaban J connectivity index is 1.47. The molecule has 3 nitrogen and oxygen atoms in total. The van der Waals surface area contributed by atoms with Crippen molar-refractivity contribution >= 4 is 5.91 Å². The molecule has 154 valence electrons. The molecule has 1 atom stereocenters. The van der Waals surface area contributed by atoms with E-state index in [-0.39, 0.29) is 11.8 Å². The Hall–Kier alpha value is -2.91. The molecule has 1 fully saturated rings. The lowest BCUT2D eigenvalue weighted by molar-refractivity contribution is -0.138. The smallest absolute Gasteiger partial charge is 0.227 e. The zero-order valence-corrected chi connectivity index (χ0v) is 17.5. The number of amides is 1.